The van der Waals surface area contributed by atoms with Crippen molar-refractivity contribution in [3.63, 3.8) is 0 Å². The minimum absolute atomic E-state index is 0.126. The predicted octanol–water partition coefficient (Wildman–Crippen LogP) is 5.35. The molecule has 0 aliphatic rings. The zero-order valence-corrected chi connectivity index (χ0v) is 32.3. The molecule has 296 valence electrons. The molecule has 0 fully saturated rings. The van der Waals surface area contributed by atoms with Gasteiger partial charge in [-0.2, -0.15) is 8.78 Å². The number of halogens is 3. The molecule has 2 amide bonds. The summed E-state index contributed by atoms with van der Waals surface area (Å²) in [6, 6.07) is 15.7. The molecule has 0 aliphatic heterocycles. The number of likely N-dealkylation sites (N-methyl/N-ethyl adjacent to an activating group) is 1. The van der Waals surface area contributed by atoms with Gasteiger partial charge in [-0.1, -0.05) is 29.8 Å². The van der Waals surface area contributed by atoms with Crippen LogP contribution in [0.2, 0.25) is 5.02 Å². The van der Waals surface area contributed by atoms with Crippen molar-refractivity contribution in [3.05, 3.63) is 94.9 Å². The second kappa shape index (κ2) is 20.0. The Morgan fingerprint density at radius 3 is 2.29 bits per heavy atom. The van der Waals surface area contributed by atoms with Crippen LogP contribution in [0.3, 0.4) is 0 Å². The van der Waals surface area contributed by atoms with Gasteiger partial charge < -0.3 is 44.3 Å². The van der Waals surface area contributed by atoms with E-state index in [0.717, 1.165) is 22.6 Å². The fourth-order valence-corrected chi connectivity index (χ4v) is 5.97. The minimum Gasteiger partial charge on any atom is -0.481 e. The van der Waals surface area contributed by atoms with Crippen LogP contribution in [0, 0.1) is 0 Å². The number of aromatic nitrogens is 2. The molecule has 3 N–H and O–H groups in total. The summed E-state index contributed by atoms with van der Waals surface area (Å²) in [6.07, 6.45) is 1.69. The highest BCUT2D eigenvalue weighted by atomic mass is 35.5. The Bertz CT molecular complexity index is 1890. The fourth-order valence-electron chi connectivity index (χ4n) is 5.84. The first-order chi connectivity index (χ1) is 26.2. The zero-order valence-electron chi connectivity index (χ0n) is 31.6. The molecule has 0 saturated heterocycles. The molecular formula is C39H47ClF2N6O7. The summed E-state index contributed by atoms with van der Waals surface area (Å²) in [6.45, 7) is -1.22. The van der Waals surface area contributed by atoms with Crippen molar-refractivity contribution >= 4 is 29.4 Å². The minimum atomic E-state index is -3.12. The van der Waals surface area contributed by atoms with Crippen LogP contribution >= 0.6 is 11.6 Å². The molecule has 3 aromatic carbocycles. The van der Waals surface area contributed by atoms with Crippen LogP contribution in [0.15, 0.2) is 72.9 Å². The number of imidazole rings is 1. The van der Waals surface area contributed by atoms with Crippen LogP contribution < -0.4 is 20.1 Å². The number of ether oxygens (including phenoxy) is 3. The number of carbonyl (C=O) groups is 3. The number of nitrogens with zero attached hydrogens (tertiary/aromatic N) is 4. The summed E-state index contributed by atoms with van der Waals surface area (Å²) in [5.74, 6) is -0.838. The van der Waals surface area contributed by atoms with Gasteiger partial charge in [0.2, 0.25) is 11.8 Å². The van der Waals surface area contributed by atoms with E-state index in [2.05, 4.69) is 15.6 Å². The number of benzene rings is 3. The standard InChI is InChI=1S/C39H47ClF2N6O7/c1-24(37(51)45-31(23-53-6)38(52)47(4)28(19-36(49)50)18-25-10-14-27(40)15-11-25)43-20-30-33(8-7-9-34(30)55-39(41)42)54-29-16-12-26(13-17-29)32-21-44-35(48(32)5)22-46(2)3/h7-17,21,24,28,31,39,43H,18-20,22-23H2,1-6H3,(H,45,51)(H,49,50). The monoisotopic (exact) mass is 784 g/mol. The van der Waals surface area contributed by atoms with Crippen molar-refractivity contribution in [3.8, 4) is 28.5 Å². The van der Waals surface area contributed by atoms with E-state index in [1.807, 2.05) is 42.7 Å². The maximum absolute atomic E-state index is 13.6. The molecule has 0 radical (unpaired) electrons. The molecule has 3 unspecified atom stereocenters. The van der Waals surface area contributed by atoms with E-state index >= 15 is 0 Å². The largest absolute Gasteiger partial charge is 0.481 e. The van der Waals surface area contributed by atoms with Crippen LogP contribution in [0.1, 0.15) is 30.3 Å². The Balaban J connectivity index is 1.46. The van der Waals surface area contributed by atoms with Crippen molar-refractivity contribution in [2.75, 3.05) is 34.9 Å². The Kier molecular flexibility index (Phi) is 15.5. The number of carbonyl (C=O) groups excluding carboxylic acids is 2. The van der Waals surface area contributed by atoms with Gasteiger partial charge in [-0.15, -0.1) is 0 Å². The van der Waals surface area contributed by atoms with Gasteiger partial charge in [-0.3, -0.25) is 14.4 Å². The molecule has 3 atom stereocenters. The summed E-state index contributed by atoms with van der Waals surface area (Å²) in [4.78, 5) is 46.6. The molecule has 4 rings (SSSR count). The average molecular weight is 785 g/mol. The number of alkyl halides is 2. The van der Waals surface area contributed by atoms with Gasteiger partial charge in [0, 0.05) is 44.4 Å². The third-order valence-corrected chi connectivity index (χ3v) is 9.09. The highest BCUT2D eigenvalue weighted by Crippen LogP contribution is 2.34. The van der Waals surface area contributed by atoms with Gasteiger partial charge in [0.15, 0.2) is 0 Å². The van der Waals surface area contributed by atoms with Crippen molar-refractivity contribution in [1.29, 1.82) is 0 Å². The topological polar surface area (TPSA) is 147 Å². The smallest absolute Gasteiger partial charge is 0.387 e. The third kappa shape index (κ3) is 12.2. The molecule has 55 heavy (non-hydrogen) atoms. The quantitative estimate of drug-likeness (QED) is 0.107. The van der Waals surface area contributed by atoms with E-state index < -0.39 is 42.5 Å². The lowest BCUT2D eigenvalue weighted by Crippen LogP contribution is -2.55. The number of nitrogens with one attached hydrogen (secondary N) is 2. The van der Waals surface area contributed by atoms with E-state index in [9.17, 15) is 28.3 Å². The van der Waals surface area contributed by atoms with Crippen LogP contribution in [0.25, 0.3) is 11.3 Å². The Morgan fingerprint density at radius 2 is 1.67 bits per heavy atom. The van der Waals surface area contributed by atoms with Gasteiger partial charge in [0.05, 0.1) is 43.1 Å². The lowest BCUT2D eigenvalue weighted by Gasteiger charge is -2.31. The van der Waals surface area contributed by atoms with Crippen molar-refractivity contribution < 1.29 is 42.5 Å². The van der Waals surface area contributed by atoms with Crippen molar-refractivity contribution in [1.82, 2.24) is 30.0 Å². The average Bonchev–Trinajstić information content (AvgIpc) is 3.49. The van der Waals surface area contributed by atoms with Crippen LogP contribution in [0.4, 0.5) is 8.78 Å². The Hall–Kier alpha value is -5.09. The molecular weight excluding hydrogens is 738 g/mol. The number of amides is 2. The molecule has 16 heteroatoms. The van der Waals surface area contributed by atoms with Crippen LogP contribution in [-0.4, -0.2) is 102 Å². The zero-order chi connectivity index (χ0) is 40.2. The second-order valence-corrected chi connectivity index (χ2v) is 13.7. The van der Waals surface area contributed by atoms with Gasteiger partial charge in [-0.25, -0.2) is 4.98 Å². The van der Waals surface area contributed by atoms with E-state index in [-0.39, 0.29) is 43.1 Å². The van der Waals surface area contributed by atoms with Crippen LogP contribution in [0.5, 0.6) is 17.2 Å². The first kappa shape index (κ1) is 42.6. The summed E-state index contributed by atoms with van der Waals surface area (Å²) in [5.41, 5.74) is 2.82. The van der Waals surface area contributed by atoms with Gasteiger partial charge in [0.25, 0.3) is 0 Å². The number of rotatable bonds is 20. The fraction of sp³-hybridized carbons (Fsp3) is 0.385. The van der Waals surface area contributed by atoms with Crippen molar-refractivity contribution in [2.45, 2.75) is 57.6 Å². The number of hydrogen-bond acceptors (Lipinski definition) is 9. The summed E-state index contributed by atoms with van der Waals surface area (Å²) in [7, 11) is 8.72. The Labute approximate surface area is 324 Å². The summed E-state index contributed by atoms with van der Waals surface area (Å²) >= 11 is 5.99. The molecule has 4 aromatic rings. The highest BCUT2D eigenvalue weighted by molar-refractivity contribution is 6.30. The van der Waals surface area contributed by atoms with Gasteiger partial charge >= 0.3 is 12.6 Å². The lowest BCUT2D eigenvalue weighted by molar-refractivity contribution is -0.142. The number of methoxy groups -OCH3 is 1. The first-order valence-corrected chi connectivity index (χ1v) is 17.8. The van der Waals surface area contributed by atoms with E-state index in [1.165, 1.54) is 31.2 Å². The van der Waals surface area contributed by atoms with E-state index in [1.54, 1.807) is 55.6 Å². The van der Waals surface area contributed by atoms with Gasteiger partial charge in [-0.05, 0) is 81.5 Å². The molecule has 0 aliphatic carbocycles. The molecule has 0 spiro atoms. The highest BCUT2D eigenvalue weighted by Gasteiger charge is 2.31. The molecule has 1 aromatic heterocycles. The molecule has 13 nitrogen and oxygen atoms in total. The summed E-state index contributed by atoms with van der Waals surface area (Å²) in [5, 5.41) is 15.8. The number of carboxylic acid groups (broad SMARTS) is 1. The van der Waals surface area contributed by atoms with E-state index in [0.29, 0.717) is 17.3 Å². The second-order valence-electron chi connectivity index (χ2n) is 13.2. The molecule has 0 bridgehead atoms. The molecule has 1 heterocycles. The maximum Gasteiger partial charge on any atom is 0.387 e. The number of carboxylic acids is 1. The normalized spacial score (nSPS) is 13.0. The first-order valence-electron chi connectivity index (χ1n) is 17.4. The van der Waals surface area contributed by atoms with E-state index in [4.69, 9.17) is 25.8 Å². The van der Waals surface area contributed by atoms with Gasteiger partial charge in [0.1, 0.15) is 29.1 Å². The molecule has 0 saturated carbocycles. The van der Waals surface area contributed by atoms with Crippen molar-refractivity contribution in [2.24, 2.45) is 7.05 Å². The SMILES string of the molecule is COCC(NC(=O)C(C)NCc1c(Oc2ccc(-c3cnc(CN(C)C)n3C)cc2)cccc1OC(F)F)C(=O)N(C)C(CC(=O)O)Cc1ccc(Cl)cc1. The lowest BCUT2D eigenvalue weighted by atomic mass is 10.0. The summed E-state index contributed by atoms with van der Waals surface area (Å²) < 4.78 is 45.1. The number of hydrogen-bond donors (Lipinski definition) is 3. The third-order valence-electron chi connectivity index (χ3n) is 8.84. The Morgan fingerprint density at radius 1 is 1.00 bits per heavy atom. The maximum atomic E-state index is 13.6. The number of aliphatic carboxylic acids is 1. The van der Waals surface area contributed by atoms with Crippen LogP contribution in [-0.2, 0) is 45.7 Å². The predicted molar refractivity (Wildman–Crippen MR) is 203 cm³/mol.